The molecule has 1 saturated carbocycles. The van der Waals surface area contributed by atoms with Crippen LogP contribution in [0.5, 0.6) is 0 Å². The van der Waals surface area contributed by atoms with E-state index in [4.69, 9.17) is 4.42 Å². The first-order valence-electron chi connectivity index (χ1n) is 7.22. The van der Waals surface area contributed by atoms with Gasteiger partial charge in [0, 0.05) is 13.0 Å². The molecule has 3 rings (SSSR count). The number of rotatable bonds is 4. The lowest BCUT2D eigenvalue weighted by Gasteiger charge is -2.20. The first-order chi connectivity index (χ1) is 9.15. The highest BCUT2D eigenvalue weighted by Gasteiger charge is 2.36. The molecule has 2 heterocycles. The summed E-state index contributed by atoms with van der Waals surface area (Å²) in [5.74, 6) is 3.51. The number of likely N-dealkylation sites (N-methyl/N-ethyl adjacent to an activating group) is 1. The largest absolute Gasteiger partial charge is 0.464 e. The molecule has 4 nitrogen and oxygen atoms in total. The van der Waals surface area contributed by atoms with E-state index in [1.165, 1.54) is 6.42 Å². The molecule has 1 N–H and O–H groups in total. The van der Waals surface area contributed by atoms with Crippen molar-refractivity contribution in [2.75, 3.05) is 13.6 Å². The Bertz CT molecular complexity index is 462. The van der Waals surface area contributed by atoms with Gasteiger partial charge in [-0.25, -0.2) is 0 Å². The number of nitrogens with one attached hydrogen (secondary N) is 1. The normalized spacial score (nSPS) is 29.5. The number of carbonyl (C=O) groups is 1. The van der Waals surface area contributed by atoms with E-state index < -0.39 is 0 Å². The SMILES string of the molecule is CC1CC1c1ccc(CN(C)C(=O)[C@H]2CCCN2)o1. The predicted molar refractivity (Wildman–Crippen MR) is 72.7 cm³/mol. The van der Waals surface area contributed by atoms with Crippen LogP contribution in [-0.2, 0) is 11.3 Å². The van der Waals surface area contributed by atoms with Crippen molar-refractivity contribution in [3.05, 3.63) is 23.7 Å². The first-order valence-corrected chi connectivity index (χ1v) is 7.22. The third-order valence-corrected chi connectivity index (χ3v) is 4.29. The maximum absolute atomic E-state index is 12.2. The van der Waals surface area contributed by atoms with Gasteiger partial charge in [-0.05, 0) is 43.9 Å². The molecule has 4 heteroatoms. The van der Waals surface area contributed by atoms with Crippen LogP contribution in [0.4, 0.5) is 0 Å². The fourth-order valence-corrected chi connectivity index (χ4v) is 2.87. The Labute approximate surface area is 114 Å². The highest BCUT2D eigenvalue weighted by atomic mass is 16.3. The molecule has 0 aromatic carbocycles. The molecular formula is C15H22N2O2. The summed E-state index contributed by atoms with van der Waals surface area (Å²) in [5, 5.41) is 3.24. The summed E-state index contributed by atoms with van der Waals surface area (Å²) in [4.78, 5) is 13.9. The van der Waals surface area contributed by atoms with Crippen molar-refractivity contribution in [3.8, 4) is 0 Å². The second-order valence-electron chi connectivity index (χ2n) is 5.97. The number of nitrogens with zero attached hydrogens (tertiary/aromatic N) is 1. The van der Waals surface area contributed by atoms with Crippen LogP contribution in [0, 0.1) is 5.92 Å². The third-order valence-electron chi connectivity index (χ3n) is 4.29. The van der Waals surface area contributed by atoms with Crippen LogP contribution in [0.3, 0.4) is 0 Å². The van der Waals surface area contributed by atoms with Gasteiger partial charge in [0.25, 0.3) is 0 Å². The van der Waals surface area contributed by atoms with Gasteiger partial charge in [0.15, 0.2) is 0 Å². The Balaban J connectivity index is 1.57. The number of hydrogen-bond donors (Lipinski definition) is 1. The zero-order valence-corrected chi connectivity index (χ0v) is 11.7. The Morgan fingerprint density at radius 1 is 1.53 bits per heavy atom. The van der Waals surface area contributed by atoms with Crippen molar-refractivity contribution in [1.29, 1.82) is 0 Å². The molecule has 3 atom stereocenters. The van der Waals surface area contributed by atoms with Crippen LogP contribution in [0.15, 0.2) is 16.5 Å². The van der Waals surface area contributed by atoms with E-state index in [1.54, 1.807) is 4.90 Å². The second-order valence-corrected chi connectivity index (χ2v) is 5.97. The zero-order chi connectivity index (χ0) is 13.4. The van der Waals surface area contributed by atoms with Crippen molar-refractivity contribution in [2.24, 2.45) is 5.92 Å². The molecule has 1 saturated heterocycles. The molecule has 104 valence electrons. The van der Waals surface area contributed by atoms with Gasteiger partial charge in [-0.1, -0.05) is 6.92 Å². The van der Waals surface area contributed by atoms with Crippen molar-refractivity contribution < 1.29 is 9.21 Å². The molecule has 1 aromatic heterocycles. The highest BCUT2D eigenvalue weighted by molar-refractivity contribution is 5.81. The minimum absolute atomic E-state index is 0.00267. The Hall–Kier alpha value is -1.29. The number of hydrogen-bond acceptors (Lipinski definition) is 3. The summed E-state index contributed by atoms with van der Waals surface area (Å²) >= 11 is 0. The van der Waals surface area contributed by atoms with Gasteiger partial charge < -0.3 is 14.6 Å². The van der Waals surface area contributed by atoms with E-state index in [1.807, 2.05) is 13.1 Å². The standard InChI is InChI=1S/C15H22N2O2/c1-10-8-12(10)14-6-5-11(19-14)9-17(2)15(18)13-4-3-7-16-13/h5-6,10,12-13,16H,3-4,7-9H2,1-2H3/t10?,12?,13-/m1/s1. The average molecular weight is 262 g/mol. The monoisotopic (exact) mass is 262 g/mol. The van der Waals surface area contributed by atoms with Gasteiger partial charge in [0.1, 0.15) is 11.5 Å². The van der Waals surface area contributed by atoms with Crippen molar-refractivity contribution in [1.82, 2.24) is 10.2 Å². The molecule has 0 radical (unpaired) electrons. The summed E-state index contributed by atoms with van der Waals surface area (Å²) in [6.07, 6.45) is 3.27. The van der Waals surface area contributed by atoms with Crippen molar-refractivity contribution in [3.63, 3.8) is 0 Å². The summed E-state index contributed by atoms with van der Waals surface area (Å²) in [6, 6.07) is 4.07. The van der Waals surface area contributed by atoms with Gasteiger partial charge in [-0.15, -0.1) is 0 Å². The molecule has 2 unspecified atom stereocenters. The molecule has 1 aliphatic heterocycles. The number of carbonyl (C=O) groups excluding carboxylic acids is 1. The summed E-state index contributed by atoms with van der Waals surface area (Å²) in [5.41, 5.74) is 0. The molecule has 2 fully saturated rings. The van der Waals surface area contributed by atoms with E-state index in [-0.39, 0.29) is 11.9 Å². The van der Waals surface area contributed by atoms with Crippen molar-refractivity contribution in [2.45, 2.75) is 44.7 Å². The average Bonchev–Trinajstić information content (AvgIpc) is 2.88. The quantitative estimate of drug-likeness (QED) is 0.904. The van der Waals surface area contributed by atoms with Gasteiger partial charge in [-0.2, -0.15) is 0 Å². The third kappa shape index (κ3) is 2.68. The van der Waals surface area contributed by atoms with Gasteiger partial charge >= 0.3 is 0 Å². The van der Waals surface area contributed by atoms with Gasteiger partial charge in [0.2, 0.25) is 5.91 Å². The van der Waals surface area contributed by atoms with Crippen LogP contribution in [0.2, 0.25) is 0 Å². The van der Waals surface area contributed by atoms with Crippen LogP contribution >= 0.6 is 0 Å². The topological polar surface area (TPSA) is 45.5 Å². The molecule has 1 aliphatic carbocycles. The molecule has 19 heavy (non-hydrogen) atoms. The molecule has 0 bridgehead atoms. The summed E-state index contributed by atoms with van der Waals surface area (Å²) in [7, 11) is 1.85. The zero-order valence-electron chi connectivity index (χ0n) is 11.7. The Morgan fingerprint density at radius 2 is 2.32 bits per heavy atom. The van der Waals surface area contributed by atoms with E-state index in [0.717, 1.165) is 36.8 Å². The molecular weight excluding hydrogens is 240 g/mol. The fraction of sp³-hybridized carbons (Fsp3) is 0.667. The molecule has 1 aromatic rings. The predicted octanol–water partition coefficient (Wildman–Crippen LogP) is 2.11. The van der Waals surface area contributed by atoms with Crippen LogP contribution in [-0.4, -0.2) is 30.4 Å². The van der Waals surface area contributed by atoms with Crippen LogP contribution < -0.4 is 5.32 Å². The van der Waals surface area contributed by atoms with Gasteiger partial charge in [0.05, 0.1) is 12.6 Å². The fourth-order valence-electron chi connectivity index (χ4n) is 2.87. The lowest BCUT2D eigenvalue weighted by atomic mass is 10.2. The van der Waals surface area contributed by atoms with Crippen LogP contribution in [0.1, 0.15) is 43.6 Å². The lowest BCUT2D eigenvalue weighted by Crippen LogP contribution is -2.41. The van der Waals surface area contributed by atoms with Gasteiger partial charge in [-0.3, -0.25) is 4.79 Å². The van der Waals surface area contributed by atoms with E-state index in [0.29, 0.717) is 12.5 Å². The molecule has 0 spiro atoms. The second kappa shape index (κ2) is 5.00. The van der Waals surface area contributed by atoms with Crippen molar-refractivity contribution >= 4 is 5.91 Å². The smallest absolute Gasteiger partial charge is 0.239 e. The van der Waals surface area contributed by atoms with E-state index >= 15 is 0 Å². The first kappa shape index (κ1) is 12.7. The Kier molecular flexibility index (Phi) is 3.35. The number of amides is 1. The maximum Gasteiger partial charge on any atom is 0.239 e. The minimum atomic E-state index is 0.00267. The van der Waals surface area contributed by atoms with Crippen LogP contribution in [0.25, 0.3) is 0 Å². The maximum atomic E-state index is 12.2. The highest BCUT2D eigenvalue weighted by Crippen LogP contribution is 2.47. The molecule has 2 aliphatic rings. The Morgan fingerprint density at radius 3 is 2.95 bits per heavy atom. The van der Waals surface area contributed by atoms with E-state index in [2.05, 4.69) is 18.3 Å². The summed E-state index contributed by atoms with van der Waals surface area (Å²) in [6.45, 7) is 3.76. The summed E-state index contributed by atoms with van der Waals surface area (Å²) < 4.78 is 5.85. The van der Waals surface area contributed by atoms with E-state index in [9.17, 15) is 4.79 Å². The molecule has 1 amide bonds. The minimum Gasteiger partial charge on any atom is -0.464 e. The number of furan rings is 1. The lowest BCUT2D eigenvalue weighted by molar-refractivity contribution is -0.132.